The largest absolute Gasteiger partial charge is 0.456 e. The first-order chi connectivity index (χ1) is 7.74. The minimum absolute atomic E-state index is 0.834. The van der Waals surface area contributed by atoms with Gasteiger partial charge in [-0.25, -0.2) is 0 Å². The molecule has 0 atom stereocenters. The number of rotatable bonds is 2. The molecule has 0 saturated heterocycles. The van der Waals surface area contributed by atoms with Crippen LogP contribution in [0.25, 0.3) is 22.6 Å². The number of hydrogen-bond donors (Lipinski definition) is 0. The lowest BCUT2D eigenvalue weighted by atomic mass is 10.1. The van der Waals surface area contributed by atoms with Crippen molar-refractivity contribution in [2.45, 2.75) is 20.8 Å². The van der Waals surface area contributed by atoms with Crippen LogP contribution in [0, 0.1) is 0 Å². The van der Waals surface area contributed by atoms with Gasteiger partial charge in [0.25, 0.3) is 0 Å². The molecule has 0 spiro atoms. The van der Waals surface area contributed by atoms with Crippen molar-refractivity contribution < 1.29 is 4.42 Å². The second-order valence-corrected chi connectivity index (χ2v) is 3.33. The number of furan rings is 1. The minimum Gasteiger partial charge on any atom is -0.456 e. The van der Waals surface area contributed by atoms with Crippen LogP contribution < -0.4 is 0 Å². The quantitative estimate of drug-likeness (QED) is 0.675. The number of hydrogen-bond acceptors (Lipinski definition) is 1. The first kappa shape index (κ1) is 12.3. The average Bonchev–Trinajstić information content (AvgIpc) is 2.70. The fraction of sp³-hybridized carbons (Fsp3) is 0.200. The predicted molar refractivity (Wildman–Crippen MR) is 72.4 cm³/mol. The van der Waals surface area contributed by atoms with Crippen LogP contribution in [0.3, 0.4) is 0 Å². The molecule has 1 heterocycles. The Balaban J connectivity index is 0.000000606. The topological polar surface area (TPSA) is 13.1 Å². The van der Waals surface area contributed by atoms with E-state index in [9.17, 15) is 0 Å². The van der Waals surface area contributed by atoms with Gasteiger partial charge in [-0.05, 0) is 18.6 Å². The zero-order chi connectivity index (χ0) is 12.1. The summed E-state index contributed by atoms with van der Waals surface area (Å²) in [5, 5.41) is 1.10. The molecule has 0 aliphatic carbocycles. The van der Waals surface area contributed by atoms with Crippen LogP contribution in [0.1, 0.15) is 32.1 Å². The summed E-state index contributed by atoms with van der Waals surface area (Å²) in [4.78, 5) is 0. The van der Waals surface area contributed by atoms with Crippen molar-refractivity contribution in [1.29, 1.82) is 0 Å². The summed E-state index contributed by atoms with van der Waals surface area (Å²) in [6, 6.07) is 7.94. The molecular formula is C15H18O. The highest BCUT2D eigenvalue weighted by atomic mass is 16.3. The molecule has 1 heteroatoms. The molecule has 16 heavy (non-hydrogen) atoms. The Hall–Kier alpha value is -1.76. The molecule has 1 nitrogen and oxygen atoms in total. The lowest BCUT2D eigenvalue weighted by Crippen LogP contribution is -1.76. The van der Waals surface area contributed by atoms with E-state index in [0.29, 0.717) is 0 Å². The highest BCUT2D eigenvalue weighted by molar-refractivity contribution is 5.91. The van der Waals surface area contributed by atoms with E-state index in [1.165, 1.54) is 0 Å². The fourth-order valence-corrected chi connectivity index (χ4v) is 1.59. The zero-order valence-electron chi connectivity index (χ0n) is 10.2. The van der Waals surface area contributed by atoms with Crippen LogP contribution >= 0.6 is 0 Å². The fourth-order valence-electron chi connectivity index (χ4n) is 1.59. The van der Waals surface area contributed by atoms with Crippen molar-refractivity contribution in [3.63, 3.8) is 0 Å². The summed E-state index contributed by atoms with van der Waals surface area (Å²) in [6.45, 7) is 13.6. The van der Waals surface area contributed by atoms with Gasteiger partial charge in [0.15, 0.2) is 0 Å². The molecule has 0 radical (unpaired) electrons. The van der Waals surface area contributed by atoms with Crippen molar-refractivity contribution in [1.82, 2.24) is 0 Å². The predicted octanol–water partition coefficient (Wildman–Crippen LogP) is 5.14. The highest BCUT2D eigenvalue weighted by Crippen LogP contribution is 2.30. The minimum atomic E-state index is 0.834. The van der Waals surface area contributed by atoms with Crippen LogP contribution in [0.2, 0.25) is 0 Å². The number of fused-ring (bicyclic) bond motifs is 1. The summed E-state index contributed by atoms with van der Waals surface area (Å²) in [5.74, 6) is 0.834. The van der Waals surface area contributed by atoms with Gasteiger partial charge in [0.05, 0.1) is 0 Å². The Kier molecular flexibility index (Phi) is 4.12. The standard InChI is InChI=1S/C13H12O.C2H6/c1-4-10-11-7-5-6-8-12(11)14-13(10)9(2)3;1-2/h4-8H,1-2H2,3H3;1-2H3. The molecular weight excluding hydrogens is 196 g/mol. The van der Waals surface area contributed by atoms with Gasteiger partial charge in [-0.15, -0.1) is 0 Å². The van der Waals surface area contributed by atoms with Gasteiger partial charge in [0, 0.05) is 10.9 Å². The van der Waals surface area contributed by atoms with Crippen LogP contribution in [0.15, 0.2) is 41.8 Å². The summed E-state index contributed by atoms with van der Waals surface area (Å²) < 4.78 is 5.68. The van der Waals surface area contributed by atoms with Gasteiger partial charge in [-0.3, -0.25) is 0 Å². The van der Waals surface area contributed by atoms with Crippen LogP contribution in [-0.4, -0.2) is 0 Å². The van der Waals surface area contributed by atoms with E-state index < -0.39 is 0 Å². The second-order valence-electron chi connectivity index (χ2n) is 3.33. The van der Waals surface area contributed by atoms with E-state index in [-0.39, 0.29) is 0 Å². The molecule has 0 aliphatic heterocycles. The maximum Gasteiger partial charge on any atom is 0.137 e. The molecule has 0 fully saturated rings. The van der Waals surface area contributed by atoms with Crippen molar-refractivity contribution in [2.24, 2.45) is 0 Å². The Labute approximate surface area is 97.1 Å². The molecule has 1 aromatic carbocycles. The first-order valence-electron chi connectivity index (χ1n) is 5.54. The molecule has 0 unspecified atom stereocenters. The molecule has 0 aliphatic rings. The van der Waals surface area contributed by atoms with E-state index in [1.807, 2.05) is 51.1 Å². The lowest BCUT2D eigenvalue weighted by molar-refractivity contribution is 0.598. The number of benzene rings is 1. The molecule has 2 aromatic rings. The third-order valence-electron chi connectivity index (χ3n) is 2.23. The van der Waals surface area contributed by atoms with Gasteiger partial charge >= 0.3 is 0 Å². The molecule has 2 rings (SSSR count). The van der Waals surface area contributed by atoms with Gasteiger partial charge < -0.3 is 4.42 Å². The van der Waals surface area contributed by atoms with E-state index in [2.05, 4.69) is 13.2 Å². The third-order valence-corrected chi connectivity index (χ3v) is 2.23. The molecule has 0 N–H and O–H groups in total. The summed E-state index contributed by atoms with van der Waals surface area (Å²) >= 11 is 0. The summed E-state index contributed by atoms with van der Waals surface area (Å²) in [5.41, 5.74) is 2.85. The molecule has 0 saturated carbocycles. The number of para-hydroxylation sites is 1. The maximum absolute atomic E-state index is 5.68. The van der Waals surface area contributed by atoms with Gasteiger partial charge in [0.1, 0.15) is 11.3 Å². The van der Waals surface area contributed by atoms with Crippen molar-refractivity contribution >= 4 is 22.6 Å². The molecule has 84 valence electrons. The van der Waals surface area contributed by atoms with Crippen molar-refractivity contribution in [3.8, 4) is 0 Å². The monoisotopic (exact) mass is 214 g/mol. The van der Waals surface area contributed by atoms with Crippen LogP contribution in [0.4, 0.5) is 0 Å². The summed E-state index contributed by atoms with van der Waals surface area (Å²) in [7, 11) is 0. The third kappa shape index (κ3) is 2.08. The van der Waals surface area contributed by atoms with E-state index in [4.69, 9.17) is 4.42 Å². The zero-order valence-corrected chi connectivity index (χ0v) is 10.2. The van der Waals surface area contributed by atoms with E-state index >= 15 is 0 Å². The highest BCUT2D eigenvalue weighted by Gasteiger charge is 2.10. The SMILES string of the molecule is C=Cc1c(C(=C)C)oc2ccccc12.CC. The van der Waals surface area contributed by atoms with Gasteiger partial charge in [0.2, 0.25) is 0 Å². The van der Waals surface area contributed by atoms with Crippen molar-refractivity contribution in [3.05, 3.63) is 48.7 Å². The van der Waals surface area contributed by atoms with E-state index in [0.717, 1.165) is 27.9 Å². The lowest BCUT2D eigenvalue weighted by Gasteiger charge is -1.94. The van der Waals surface area contributed by atoms with Crippen LogP contribution in [-0.2, 0) is 0 Å². The Morgan fingerprint density at radius 2 is 1.88 bits per heavy atom. The normalized spacial score (nSPS) is 9.44. The molecule has 1 aromatic heterocycles. The average molecular weight is 214 g/mol. The van der Waals surface area contributed by atoms with Gasteiger partial charge in [-0.1, -0.05) is 51.3 Å². The second kappa shape index (κ2) is 5.36. The first-order valence-corrected chi connectivity index (χ1v) is 5.54. The van der Waals surface area contributed by atoms with E-state index in [1.54, 1.807) is 0 Å². The Morgan fingerprint density at radius 3 is 2.44 bits per heavy atom. The molecule has 0 amide bonds. The maximum atomic E-state index is 5.68. The van der Waals surface area contributed by atoms with Crippen molar-refractivity contribution in [2.75, 3.05) is 0 Å². The smallest absolute Gasteiger partial charge is 0.137 e. The number of allylic oxidation sites excluding steroid dienone is 1. The van der Waals surface area contributed by atoms with Crippen LogP contribution in [0.5, 0.6) is 0 Å². The summed E-state index contributed by atoms with van der Waals surface area (Å²) in [6.07, 6.45) is 1.82. The Bertz CT molecular complexity index is 503. The molecule has 0 bridgehead atoms. The Morgan fingerprint density at radius 1 is 1.25 bits per heavy atom. The van der Waals surface area contributed by atoms with Gasteiger partial charge in [-0.2, -0.15) is 0 Å².